The summed E-state index contributed by atoms with van der Waals surface area (Å²) in [4.78, 5) is 12.3. The molecular formula is C18H19NO3. The number of ether oxygens (including phenoxy) is 2. The van der Waals surface area contributed by atoms with Gasteiger partial charge in [-0.2, -0.15) is 0 Å². The molecule has 0 bridgehead atoms. The van der Waals surface area contributed by atoms with Gasteiger partial charge in [-0.1, -0.05) is 17.2 Å². The SMILES string of the molecule is Cc1cc(C)cc(C(=O)Nc2ccc(OCC3CO3)cc2)c1. The van der Waals surface area contributed by atoms with E-state index in [-0.39, 0.29) is 12.0 Å². The van der Waals surface area contributed by atoms with Crippen LogP contribution in [-0.2, 0) is 4.74 Å². The highest BCUT2D eigenvalue weighted by Gasteiger charge is 2.22. The lowest BCUT2D eigenvalue weighted by Gasteiger charge is -2.09. The largest absolute Gasteiger partial charge is 0.491 e. The van der Waals surface area contributed by atoms with E-state index in [4.69, 9.17) is 9.47 Å². The molecule has 0 aliphatic carbocycles. The molecule has 1 fully saturated rings. The lowest BCUT2D eigenvalue weighted by Crippen LogP contribution is -2.12. The highest BCUT2D eigenvalue weighted by molar-refractivity contribution is 6.04. The molecule has 1 unspecified atom stereocenters. The molecule has 1 N–H and O–H groups in total. The van der Waals surface area contributed by atoms with Crippen LogP contribution in [0.5, 0.6) is 5.75 Å². The van der Waals surface area contributed by atoms with Crippen molar-refractivity contribution in [2.24, 2.45) is 0 Å². The molecule has 2 aromatic carbocycles. The monoisotopic (exact) mass is 297 g/mol. The maximum atomic E-state index is 12.3. The van der Waals surface area contributed by atoms with Crippen LogP contribution in [0.1, 0.15) is 21.5 Å². The van der Waals surface area contributed by atoms with Crippen LogP contribution in [0.4, 0.5) is 5.69 Å². The number of carbonyl (C=O) groups excluding carboxylic acids is 1. The van der Waals surface area contributed by atoms with Crippen LogP contribution in [-0.4, -0.2) is 25.2 Å². The summed E-state index contributed by atoms with van der Waals surface area (Å²) in [5.41, 5.74) is 3.58. The number of rotatable bonds is 5. The van der Waals surface area contributed by atoms with E-state index in [2.05, 4.69) is 5.32 Å². The first kappa shape index (κ1) is 14.6. The molecule has 2 aromatic rings. The summed E-state index contributed by atoms with van der Waals surface area (Å²) >= 11 is 0. The van der Waals surface area contributed by atoms with Crippen LogP contribution in [0.15, 0.2) is 42.5 Å². The number of anilines is 1. The van der Waals surface area contributed by atoms with Crippen molar-refractivity contribution < 1.29 is 14.3 Å². The quantitative estimate of drug-likeness (QED) is 0.861. The van der Waals surface area contributed by atoms with Crippen molar-refractivity contribution in [2.45, 2.75) is 20.0 Å². The predicted molar refractivity (Wildman–Crippen MR) is 85.5 cm³/mol. The summed E-state index contributed by atoms with van der Waals surface area (Å²) in [6.45, 7) is 5.33. The lowest BCUT2D eigenvalue weighted by atomic mass is 10.1. The minimum absolute atomic E-state index is 0.105. The Hall–Kier alpha value is -2.33. The topological polar surface area (TPSA) is 50.9 Å². The number of benzene rings is 2. The van der Waals surface area contributed by atoms with E-state index < -0.39 is 0 Å². The van der Waals surface area contributed by atoms with Crippen molar-refractivity contribution in [2.75, 3.05) is 18.5 Å². The molecule has 0 radical (unpaired) electrons. The van der Waals surface area contributed by atoms with Gasteiger partial charge in [-0.15, -0.1) is 0 Å². The highest BCUT2D eigenvalue weighted by Crippen LogP contribution is 2.19. The van der Waals surface area contributed by atoms with Gasteiger partial charge in [0.2, 0.25) is 0 Å². The number of amides is 1. The van der Waals surface area contributed by atoms with Gasteiger partial charge >= 0.3 is 0 Å². The van der Waals surface area contributed by atoms with Gasteiger partial charge in [0.1, 0.15) is 18.5 Å². The van der Waals surface area contributed by atoms with Crippen LogP contribution < -0.4 is 10.1 Å². The van der Waals surface area contributed by atoms with Gasteiger partial charge in [-0.05, 0) is 50.2 Å². The van der Waals surface area contributed by atoms with Crippen LogP contribution in [0.2, 0.25) is 0 Å². The Morgan fingerprint density at radius 3 is 2.41 bits per heavy atom. The summed E-state index contributed by atoms with van der Waals surface area (Å²) in [6, 6.07) is 13.2. The minimum Gasteiger partial charge on any atom is -0.491 e. The highest BCUT2D eigenvalue weighted by atomic mass is 16.6. The average molecular weight is 297 g/mol. The molecule has 1 aliphatic rings. The van der Waals surface area contributed by atoms with E-state index in [0.717, 1.165) is 29.2 Å². The zero-order chi connectivity index (χ0) is 15.5. The van der Waals surface area contributed by atoms with Gasteiger partial charge in [0.05, 0.1) is 6.61 Å². The Labute approximate surface area is 130 Å². The first-order chi connectivity index (χ1) is 10.6. The molecule has 0 spiro atoms. The summed E-state index contributed by atoms with van der Waals surface area (Å²) in [7, 11) is 0. The maximum absolute atomic E-state index is 12.3. The zero-order valence-corrected chi connectivity index (χ0v) is 12.8. The first-order valence-electron chi connectivity index (χ1n) is 7.34. The summed E-state index contributed by atoms with van der Waals surface area (Å²) < 4.78 is 10.7. The molecule has 4 nitrogen and oxygen atoms in total. The third-order valence-electron chi connectivity index (χ3n) is 3.43. The predicted octanol–water partition coefficient (Wildman–Crippen LogP) is 3.33. The molecule has 4 heteroatoms. The van der Waals surface area contributed by atoms with Gasteiger partial charge in [0, 0.05) is 11.3 Å². The Morgan fingerprint density at radius 2 is 1.82 bits per heavy atom. The molecule has 0 aromatic heterocycles. The number of carbonyl (C=O) groups is 1. The number of hydrogen-bond donors (Lipinski definition) is 1. The molecule has 114 valence electrons. The van der Waals surface area contributed by atoms with Crippen LogP contribution in [0.25, 0.3) is 0 Å². The first-order valence-corrected chi connectivity index (χ1v) is 7.34. The van der Waals surface area contributed by atoms with Gasteiger partial charge in [0.25, 0.3) is 5.91 Å². The molecule has 3 rings (SSSR count). The van der Waals surface area contributed by atoms with Crippen molar-refractivity contribution in [3.63, 3.8) is 0 Å². The summed E-state index contributed by atoms with van der Waals surface area (Å²) in [5, 5.41) is 2.90. The van der Waals surface area contributed by atoms with E-state index in [0.29, 0.717) is 12.2 Å². The van der Waals surface area contributed by atoms with Gasteiger partial charge in [-0.25, -0.2) is 0 Å². The minimum atomic E-state index is -0.105. The second-order valence-corrected chi connectivity index (χ2v) is 5.62. The molecule has 0 saturated carbocycles. The van der Waals surface area contributed by atoms with Crippen molar-refractivity contribution in [3.8, 4) is 5.75 Å². The smallest absolute Gasteiger partial charge is 0.255 e. The van der Waals surface area contributed by atoms with E-state index >= 15 is 0 Å². The normalized spacial score (nSPS) is 16.2. The van der Waals surface area contributed by atoms with E-state index in [1.54, 1.807) is 0 Å². The van der Waals surface area contributed by atoms with Crippen molar-refractivity contribution >= 4 is 11.6 Å². The Bertz CT molecular complexity index is 655. The standard InChI is InChI=1S/C18H19NO3/c1-12-7-13(2)9-14(8-12)18(20)19-15-3-5-16(6-4-15)21-10-17-11-22-17/h3-9,17H,10-11H2,1-2H3,(H,19,20). The molecule has 1 atom stereocenters. The molecule has 1 saturated heterocycles. The van der Waals surface area contributed by atoms with Crippen molar-refractivity contribution in [3.05, 3.63) is 59.2 Å². The second-order valence-electron chi connectivity index (χ2n) is 5.62. The van der Waals surface area contributed by atoms with Gasteiger partial charge < -0.3 is 14.8 Å². The number of aryl methyl sites for hydroxylation is 2. The number of nitrogens with one attached hydrogen (secondary N) is 1. The average Bonchev–Trinajstić information content (AvgIpc) is 3.30. The Kier molecular flexibility index (Phi) is 4.11. The fourth-order valence-electron chi connectivity index (χ4n) is 2.30. The molecule has 1 aliphatic heterocycles. The lowest BCUT2D eigenvalue weighted by molar-refractivity contribution is 0.102. The summed E-state index contributed by atoms with van der Waals surface area (Å²) in [6.07, 6.45) is 0.240. The second kappa shape index (κ2) is 6.20. The third-order valence-corrected chi connectivity index (χ3v) is 3.43. The van der Waals surface area contributed by atoms with Crippen molar-refractivity contribution in [1.29, 1.82) is 0 Å². The van der Waals surface area contributed by atoms with E-state index in [1.807, 2.05) is 56.3 Å². The summed E-state index contributed by atoms with van der Waals surface area (Å²) in [5.74, 6) is 0.673. The molecule has 22 heavy (non-hydrogen) atoms. The fraction of sp³-hybridized carbons (Fsp3) is 0.278. The number of hydrogen-bond acceptors (Lipinski definition) is 3. The zero-order valence-electron chi connectivity index (χ0n) is 12.8. The van der Waals surface area contributed by atoms with E-state index in [1.165, 1.54) is 0 Å². The third kappa shape index (κ3) is 3.86. The molecular weight excluding hydrogens is 278 g/mol. The van der Waals surface area contributed by atoms with Crippen LogP contribution in [0, 0.1) is 13.8 Å². The van der Waals surface area contributed by atoms with Crippen LogP contribution >= 0.6 is 0 Å². The molecule has 1 amide bonds. The number of epoxide rings is 1. The van der Waals surface area contributed by atoms with E-state index in [9.17, 15) is 4.79 Å². The fourth-order valence-corrected chi connectivity index (χ4v) is 2.30. The van der Waals surface area contributed by atoms with Gasteiger partial charge in [-0.3, -0.25) is 4.79 Å². The van der Waals surface area contributed by atoms with Crippen molar-refractivity contribution in [1.82, 2.24) is 0 Å². The molecule has 1 heterocycles. The Morgan fingerprint density at radius 1 is 1.18 bits per heavy atom. The maximum Gasteiger partial charge on any atom is 0.255 e. The van der Waals surface area contributed by atoms with Gasteiger partial charge in [0.15, 0.2) is 0 Å². The Balaban J connectivity index is 1.62. The van der Waals surface area contributed by atoms with Crippen LogP contribution in [0.3, 0.4) is 0 Å².